The van der Waals surface area contributed by atoms with Crippen LogP contribution in [0, 0.1) is 17.6 Å². The third-order valence-corrected chi connectivity index (χ3v) is 6.08. The van der Waals surface area contributed by atoms with Gasteiger partial charge in [-0.3, -0.25) is 9.69 Å². The second-order valence-corrected chi connectivity index (χ2v) is 7.97. The molecule has 2 aliphatic rings. The number of benzene rings is 1. The number of carbonyl (C=O) groups is 2. The Bertz CT molecular complexity index is 853. The Morgan fingerprint density at radius 1 is 1.33 bits per heavy atom. The Labute approximate surface area is 174 Å². The molecule has 3 rings (SSSR count). The fourth-order valence-corrected chi connectivity index (χ4v) is 4.36. The summed E-state index contributed by atoms with van der Waals surface area (Å²) in [7, 11) is 1.34. The summed E-state index contributed by atoms with van der Waals surface area (Å²) in [4.78, 5) is 26.2. The molecule has 1 aromatic rings. The van der Waals surface area contributed by atoms with Crippen molar-refractivity contribution in [2.45, 2.75) is 37.1 Å². The molecular formula is C18H20ClF5N4O2. The predicted octanol–water partition coefficient (Wildman–Crippen LogP) is 2.81. The first-order chi connectivity index (χ1) is 13.9. The topological polar surface area (TPSA) is 78.7 Å². The molecule has 2 heterocycles. The minimum atomic E-state index is -4.53. The minimum Gasteiger partial charge on any atom is -0.368 e. The highest BCUT2D eigenvalue weighted by Crippen LogP contribution is 2.43. The number of piperidine rings is 1. The molecule has 30 heavy (non-hydrogen) atoms. The number of amides is 3. The van der Waals surface area contributed by atoms with Crippen LogP contribution in [0.25, 0.3) is 0 Å². The molecule has 2 fully saturated rings. The Morgan fingerprint density at radius 2 is 2.00 bits per heavy atom. The van der Waals surface area contributed by atoms with E-state index in [-0.39, 0.29) is 25.1 Å². The van der Waals surface area contributed by atoms with E-state index in [9.17, 15) is 31.5 Å². The smallest absolute Gasteiger partial charge is 0.368 e. The summed E-state index contributed by atoms with van der Waals surface area (Å²) >= 11 is 5.68. The summed E-state index contributed by atoms with van der Waals surface area (Å²) in [6.07, 6.45) is -4.72. The third kappa shape index (κ3) is 4.18. The number of likely N-dealkylation sites (tertiary alicyclic amines) is 1. The van der Waals surface area contributed by atoms with Gasteiger partial charge in [-0.2, -0.15) is 13.2 Å². The van der Waals surface area contributed by atoms with E-state index in [1.807, 2.05) is 0 Å². The van der Waals surface area contributed by atoms with Crippen molar-refractivity contribution in [3.05, 3.63) is 34.4 Å². The predicted molar refractivity (Wildman–Crippen MR) is 97.5 cm³/mol. The number of alkyl halides is 3. The Hall–Kier alpha value is -2.14. The summed E-state index contributed by atoms with van der Waals surface area (Å²) in [5.41, 5.74) is 5.02. The van der Waals surface area contributed by atoms with Gasteiger partial charge in [0.15, 0.2) is 0 Å². The fraction of sp³-hybridized carbons (Fsp3) is 0.556. The van der Waals surface area contributed by atoms with E-state index < -0.39 is 65.2 Å². The first-order valence-electron chi connectivity index (χ1n) is 9.18. The number of urea groups is 1. The second-order valence-electron chi connectivity index (χ2n) is 7.59. The zero-order valence-corrected chi connectivity index (χ0v) is 16.6. The lowest BCUT2D eigenvalue weighted by Gasteiger charge is -2.43. The van der Waals surface area contributed by atoms with Gasteiger partial charge in [0.1, 0.15) is 28.7 Å². The van der Waals surface area contributed by atoms with Gasteiger partial charge in [-0.25, -0.2) is 13.6 Å². The van der Waals surface area contributed by atoms with Crippen LogP contribution in [0.3, 0.4) is 0 Å². The van der Waals surface area contributed by atoms with E-state index >= 15 is 0 Å². The molecule has 0 spiro atoms. The monoisotopic (exact) mass is 454 g/mol. The molecule has 6 nitrogen and oxygen atoms in total. The number of primary amides is 1. The van der Waals surface area contributed by atoms with E-state index in [2.05, 4.69) is 5.32 Å². The number of nitrogens with one attached hydrogen (secondary N) is 1. The molecular weight excluding hydrogens is 435 g/mol. The summed E-state index contributed by atoms with van der Waals surface area (Å²) in [6.45, 7) is -0.201. The average molecular weight is 455 g/mol. The number of carbonyl (C=O) groups excluding carboxylic acids is 2. The number of halogens is 6. The number of rotatable bonds is 4. The zero-order valence-electron chi connectivity index (χ0n) is 15.8. The molecule has 0 saturated carbocycles. The van der Waals surface area contributed by atoms with Crippen LogP contribution in [0.15, 0.2) is 12.1 Å². The van der Waals surface area contributed by atoms with Crippen LogP contribution in [0.1, 0.15) is 24.4 Å². The number of nitrogens with zero attached hydrogens (tertiary/aromatic N) is 2. The van der Waals surface area contributed by atoms with Crippen molar-refractivity contribution in [1.29, 1.82) is 0 Å². The lowest BCUT2D eigenvalue weighted by atomic mass is 9.81. The average Bonchev–Trinajstić information content (AvgIpc) is 3.04. The largest absolute Gasteiger partial charge is 0.404 e. The van der Waals surface area contributed by atoms with Crippen molar-refractivity contribution >= 4 is 23.5 Å². The van der Waals surface area contributed by atoms with Crippen LogP contribution in [0.4, 0.5) is 26.7 Å². The van der Waals surface area contributed by atoms with Gasteiger partial charge in [-0.1, -0.05) is 17.7 Å². The van der Waals surface area contributed by atoms with Crippen molar-refractivity contribution in [2.75, 3.05) is 20.1 Å². The van der Waals surface area contributed by atoms with Gasteiger partial charge >= 0.3 is 12.2 Å². The lowest BCUT2D eigenvalue weighted by molar-refractivity contribution is -0.193. The van der Waals surface area contributed by atoms with Crippen LogP contribution in [0.5, 0.6) is 0 Å². The van der Waals surface area contributed by atoms with Crippen LogP contribution in [-0.2, 0) is 4.79 Å². The molecule has 166 valence electrons. The first kappa shape index (κ1) is 22.5. The van der Waals surface area contributed by atoms with E-state index in [4.69, 9.17) is 17.3 Å². The second kappa shape index (κ2) is 8.18. The first-order valence-corrected chi connectivity index (χ1v) is 9.56. The summed E-state index contributed by atoms with van der Waals surface area (Å²) < 4.78 is 69.1. The maximum absolute atomic E-state index is 14.9. The molecule has 0 aliphatic carbocycles. The highest BCUT2D eigenvalue weighted by atomic mass is 35.5. The van der Waals surface area contributed by atoms with E-state index in [0.29, 0.717) is 0 Å². The summed E-state index contributed by atoms with van der Waals surface area (Å²) in [5, 5.41) is 1.52. The molecule has 0 radical (unpaired) electrons. The number of hydrogen-bond acceptors (Lipinski definition) is 3. The molecule has 0 bridgehead atoms. The van der Waals surface area contributed by atoms with E-state index in [1.165, 1.54) is 7.05 Å². The third-order valence-electron chi connectivity index (χ3n) is 5.74. The van der Waals surface area contributed by atoms with Crippen LogP contribution in [-0.4, -0.2) is 60.1 Å². The molecule has 3 N–H and O–H groups in total. The quantitative estimate of drug-likeness (QED) is 0.542. The van der Waals surface area contributed by atoms with Gasteiger partial charge in [-0.15, -0.1) is 0 Å². The molecule has 1 aromatic carbocycles. The van der Waals surface area contributed by atoms with Gasteiger partial charge in [0, 0.05) is 5.56 Å². The van der Waals surface area contributed by atoms with Crippen LogP contribution >= 0.6 is 11.6 Å². The molecule has 4 atom stereocenters. The van der Waals surface area contributed by atoms with Gasteiger partial charge in [-0.05, 0) is 38.4 Å². The number of nitrogens with two attached hydrogens (primary N) is 1. The Balaban J connectivity index is 2.04. The van der Waals surface area contributed by atoms with Crippen molar-refractivity contribution in [3.8, 4) is 0 Å². The maximum atomic E-state index is 14.9. The van der Waals surface area contributed by atoms with Gasteiger partial charge in [0.2, 0.25) is 5.91 Å². The van der Waals surface area contributed by atoms with E-state index in [1.54, 1.807) is 0 Å². The zero-order chi connectivity index (χ0) is 22.4. The molecule has 1 unspecified atom stereocenters. The molecule has 2 saturated heterocycles. The standard InChI is InChI=1S/C18H20ClF5N4O2/c1-27-5-4-8(6-12(27)18(22,23)24)15(9-2-3-10(20)13(19)14(9)21)28-7-11(16(25)29)26-17(28)30/h2-3,8,11-12,15H,4-7H2,1H3,(H2,25,29)(H,26,30)/t8-,11?,12-,15+/m1/s1. The van der Waals surface area contributed by atoms with Crippen LogP contribution in [0.2, 0.25) is 5.02 Å². The van der Waals surface area contributed by atoms with Crippen molar-refractivity contribution in [1.82, 2.24) is 15.1 Å². The highest BCUT2D eigenvalue weighted by Gasteiger charge is 2.49. The normalized spacial score (nSPS) is 26.6. The lowest BCUT2D eigenvalue weighted by Crippen LogP contribution is -2.51. The highest BCUT2D eigenvalue weighted by molar-refractivity contribution is 6.31. The SMILES string of the molecule is CN1CC[C@@H]([C@@H](c2ccc(F)c(Cl)c2F)N2CC(C(N)=O)NC2=O)C[C@@H]1C(F)(F)F. The van der Waals surface area contributed by atoms with Crippen LogP contribution < -0.4 is 11.1 Å². The molecule has 2 aliphatic heterocycles. The Kier molecular flexibility index (Phi) is 6.15. The molecule has 12 heteroatoms. The number of hydrogen-bond donors (Lipinski definition) is 2. The van der Waals surface area contributed by atoms with Crippen molar-refractivity contribution in [2.24, 2.45) is 11.7 Å². The Morgan fingerprint density at radius 3 is 2.57 bits per heavy atom. The molecule has 3 amide bonds. The minimum absolute atomic E-state index is 0.0522. The van der Waals surface area contributed by atoms with Crippen molar-refractivity contribution < 1.29 is 31.5 Å². The summed E-state index contributed by atoms with van der Waals surface area (Å²) in [6, 6.07) is -2.88. The van der Waals surface area contributed by atoms with Gasteiger partial charge < -0.3 is 16.0 Å². The molecule has 0 aromatic heterocycles. The van der Waals surface area contributed by atoms with Gasteiger partial charge in [0.25, 0.3) is 0 Å². The van der Waals surface area contributed by atoms with Crippen molar-refractivity contribution in [3.63, 3.8) is 0 Å². The fourth-order valence-electron chi connectivity index (χ4n) is 4.18. The summed E-state index contributed by atoms with van der Waals surface area (Å²) in [5.74, 6) is -3.84. The van der Waals surface area contributed by atoms with Gasteiger partial charge in [0.05, 0.1) is 12.6 Å². The van der Waals surface area contributed by atoms with E-state index in [0.717, 1.165) is 21.9 Å². The maximum Gasteiger partial charge on any atom is 0.404 e.